The Labute approximate surface area is 166 Å². The van der Waals surface area contributed by atoms with E-state index in [0.717, 1.165) is 36.2 Å². The molecule has 0 radical (unpaired) electrons. The quantitative estimate of drug-likeness (QED) is 0.697. The fourth-order valence-electron chi connectivity index (χ4n) is 2.71. The molecule has 1 aromatic heterocycles. The van der Waals surface area contributed by atoms with Crippen LogP contribution in [0.1, 0.15) is 16.5 Å². The second-order valence-electron chi connectivity index (χ2n) is 5.00. The minimum Gasteiger partial charge on any atom is -0.506 e. The zero-order chi connectivity index (χ0) is 14.8. The van der Waals surface area contributed by atoms with Crippen LogP contribution in [-0.2, 0) is 0 Å². The van der Waals surface area contributed by atoms with Crippen molar-refractivity contribution >= 4 is 63.7 Å². The molecule has 8 heteroatoms. The predicted octanol–water partition coefficient (Wildman–Crippen LogP) is 4.71. The van der Waals surface area contributed by atoms with Crippen molar-refractivity contribution in [3.05, 3.63) is 49.6 Å². The minimum atomic E-state index is 0. The smallest absolute Gasteiger partial charge is 0.140 e. The standard InChI is InChI=1S/C15H16BrClN2OS.2ClH/c16-10-3-4-11(17)15(20)13(10)14(12-2-1-9-21-12)19-7-5-18-6-8-19;;/h1-4,9,14,18,20H,5-8H2;2*1H/t14-;;/m0../s1. The van der Waals surface area contributed by atoms with Gasteiger partial charge in [-0.25, -0.2) is 0 Å². The molecule has 2 aromatic rings. The Hall–Kier alpha value is -0.0100. The molecule has 1 aromatic carbocycles. The third kappa shape index (κ3) is 4.54. The number of phenols is 1. The van der Waals surface area contributed by atoms with Crippen LogP contribution in [-0.4, -0.2) is 36.2 Å². The third-order valence-corrected chi connectivity index (χ3v) is 5.64. The van der Waals surface area contributed by atoms with Crippen LogP contribution in [0.25, 0.3) is 0 Å². The van der Waals surface area contributed by atoms with Gasteiger partial charge in [0.1, 0.15) is 5.75 Å². The Morgan fingerprint density at radius 1 is 1.22 bits per heavy atom. The number of halogens is 4. The summed E-state index contributed by atoms with van der Waals surface area (Å²) in [5.74, 6) is 0.169. The first-order valence-electron chi connectivity index (χ1n) is 6.83. The van der Waals surface area contributed by atoms with E-state index in [1.54, 1.807) is 17.4 Å². The summed E-state index contributed by atoms with van der Waals surface area (Å²) in [7, 11) is 0. The lowest BCUT2D eigenvalue weighted by molar-refractivity contribution is 0.197. The monoisotopic (exact) mass is 458 g/mol. The van der Waals surface area contributed by atoms with Crippen molar-refractivity contribution in [3.63, 3.8) is 0 Å². The zero-order valence-electron chi connectivity index (χ0n) is 12.2. The lowest BCUT2D eigenvalue weighted by atomic mass is 10.0. The van der Waals surface area contributed by atoms with E-state index in [9.17, 15) is 5.11 Å². The Kier molecular flexibility index (Phi) is 8.66. The summed E-state index contributed by atoms with van der Waals surface area (Å²) in [5.41, 5.74) is 0.854. The number of rotatable bonds is 3. The van der Waals surface area contributed by atoms with Crippen molar-refractivity contribution in [1.29, 1.82) is 0 Å². The first-order chi connectivity index (χ1) is 10.2. The van der Waals surface area contributed by atoms with Crippen LogP contribution in [0.15, 0.2) is 34.1 Å². The van der Waals surface area contributed by atoms with Gasteiger partial charge in [-0.1, -0.05) is 33.6 Å². The van der Waals surface area contributed by atoms with Gasteiger partial charge in [0.05, 0.1) is 11.1 Å². The van der Waals surface area contributed by atoms with Crippen LogP contribution >= 0.6 is 63.7 Å². The number of phenolic OH excluding ortho intramolecular Hbond substituents is 1. The largest absolute Gasteiger partial charge is 0.506 e. The van der Waals surface area contributed by atoms with Crippen LogP contribution < -0.4 is 5.32 Å². The number of aromatic hydroxyl groups is 1. The van der Waals surface area contributed by atoms with Gasteiger partial charge in [0.2, 0.25) is 0 Å². The number of piperazine rings is 1. The normalized spacial score (nSPS) is 16.3. The number of benzene rings is 1. The molecule has 1 aliphatic rings. The first-order valence-corrected chi connectivity index (χ1v) is 8.88. The molecule has 2 heterocycles. The van der Waals surface area contributed by atoms with Crippen molar-refractivity contribution in [2.24, 2.45) is 0 Å². The van der Waals surface area contributed by atoms with Crippen LogP contribution in [0.4, 0.5) is 0 Å². The summed E-state index contributed by atoms with van der Waals surface area (Å²) in [5, 5.41) is 16.3. The molecular formula is C15H18BrCl3N2OS. The molecule has 128 valence electrons. The molecule has 1 atom stereocenters. The van der Waals surface area contributed by atoms with Gasteiger partial charge in [0.25, 0.3) is 0 Å². The summed E-state index contributed by atoms with van der Waals surface area (Å²) in [4.78, 5) is 3.61. The zero-order valence-corrected chi connectivity index (χ0v) is 17.0. The van der Waals surface area contributed by atoms with Gasteiger partial charge in [0, 0.05) is 41.1 Å². The van der Waals surface area contributed by atoms with E-state index in [0.29, 0.717) is 5.02 Å². The van der Waals surface area contributed by atoms with Gasteiger partial charge < -0.3 is 10.4 Å². The van der Waals surface area contributed by atoms with Crippen molar-refractivity contribution in [3.8, 4) is 5.75 Å². The van der Waals surface area contributed by atoms with Crippen LogP contribution in [0, 0.1) is 0 Å². The van der Waals surface area contributed by atoms with Crippen LogP contribution in [0.5, 0.6) is 5.75 Å². The van der Waals surface area contributed by atoms with Crippen LogP contribution in [0.3, 0.4) is 0 Å². The molecule has 1 fully saturated rings. The second kappa shape index (κ2) is 9.47. The number of nitrogens with zero attached hydrogens (tertiary/aromatic N) is 1. The molecule has 0 spiro atoms. The SMILES string of the molecule is Cl.Cl.Oc1c(Cl)ccc(Br)c1[C@H](c1cccs1)N1CCNCC1. The Morgan fingerprint density at radius 2 is 1.91 bits per heavy atom. The van der Waals surface area contributed by atoms with Gasteiger partial charge in [-0.05, 0) is 23.6 Å². The minimum absolute atomic E-state index is 0. The lowest BCUT2D eigenvalue weighted by Gasteiger charge is -2.35. The third-order valence-electron chi connectivity index (χ3n) is 3.72. The molecule has 0 saturated carbocycles. The van der Waals surface area contributed by atoms with Crippen molar-refractivity contribution in [2.75, 3.05) is 26.2 Å². The number of hydrogen-bond acceptors (Lipinski definition) is 4. The van der Waals surface area contributed by atoms with E-state index in [2.05, 4.69) is 37.6 Å². The van der Waals surface area contributed by atoms with Gasteiger partial charge in [-0.15, -0.1) is 36.2 Å². The molecule has 3 nitrogen and oxygen atoms in total. The highest BCUT2D eigenvalue weighted by atomic mass is 79.9. The van der Waals surface area contributed by atoms with Crippen molar-refractivity contribution < 1.29 is 5.11 Å². The maximum atomic E-state index is 10.5. The van der Waals surface area contributed by atoms with E-state index in [1.165, 1.54) is 4.88 Å². The molecule has 2 N–H and O–H groups in total. The summed E-state index contributed by atoms with van der Waals surface area (Å²) >= 11 is 11.4. The number of thiophene rings is 1. The van der Waals surface area contributed by atoms with Crippen LogP contribution in [0.2, 0.25) is 5.02 Å². The highest BCUT2D eigenvalue weighted by molar-refractivity contribution is 9.10. The highest BCUT2D eigenvalue weighted by Gasteiger charge is 2.29. The molecule has 3 rings (SSSR count). The molecule has 0 unspecified atom stereocenters. The molecule has 0 aliphatic carbocycles. The summed E-state index contributed by atoms with van der Waals surface area (Å²) in [6.45, 7) is 3.81. The van der Waals surface area contributed by atoms with Gasteiger partial charge in [-0.3, -0.25) is 4.90 Å². The second-order valence-corrected chi connectivity index (χ2v) is 7.24. The number of hydrogen-bond donors (Lipinski definition) is 2. The predicted molar refractivity (Wildman–Crippen MR) is 106 cm³/mol. The average Bonchev–Trinajstić information content (AvgIpc) is 3.02. The molecule has 23 heavy (non-hydrogen) atoms. The molecule has 0 bridgehead atoms. The van der Waals surface area contributed by atoms with Gasteiger partial charge in [0.15, 0.2) is 0 Å². The Balaban J connectivity index is 0.00000132. The van der Waals surface area contributed by atoms with E-state index >= 15 is 0 Å². The summed E-state index contributed by atoms with van der Waals surface area (Å²) < 4.78 is 0.890. The maximum absolute atomic E-state index is 10.5. The van der Waals surface area contributed by atoms with E-state index in [-0.39, 0.29) is 36.6 Å². The Morgan fingerprint density at radius 3 is 2.52 bits per heavy atom. The van der Waals surface area contributed by atoms with Gasteiger partial charge >= 0.3 is 0 Å². The molecule has 1 aliphatic heterocycles. The lowest BCUT2D eigenvalue weighted by Crippen LogP contribution is -2.45. The molecule has 0 amide bonds. The van der Waals surface area contributed by atoms with E-state index in [4.69, 9.17) is 11.6 Å². The van der Waals surface area contributed by atoms with E-state index in [1.807, 2.05) is 12.1 Å². The summed E-state index contributed by atoms with van der Waals surface area (Å²) in [6.07, 6.45) is 0. The van der Waals surface area contributed by atoms with Crippen molar-refractivity contribution in [2.45, 2.75) is 6.04 Å². The molecule has 1 saturated heterocycles. The van der Waals surface area contributed by atoms with Crippen molar-refractivity contribution in [1.82, 2.24) is 10.2 Å². The Bertz CT molecular complexity index is 621. The topological polar surface area (TPSA) is 35.5 Å². The van der Waals surface area contributed by atoms with Gasteiger partial charge in [-0.2, -0.15) is 0 Å². The fraction of sp³-hybridized carbons (Fsp3) is 0.333. The molecular weight excluding hydrogens is 443 g/mol. The highest BCUT2D eigenvalue weighted by Crippen LogP contribution is 2.43. The maximum Gasteiger partial charge on any atom is 0.140 e. The first kappa shape index (κ1) is 21.0. The summed E-state index contributed by atoms with van der Waals surface area (Å²) in [6, 6.07) is 7.81. The average molecular weight is 461 g/mol. The van der Waals surface area contributed by atoms with E-state index < -0.39 is 0 Å². The number of nitrogens with one attached hydrogen (secondary N) is 1. The fourth-order valence-corrected chi connectivity index (χ4v) is 4.28.